The Hall–Kier alpha value is -1.94. The molecule has 0 radical (unpaired) electrons. The number of fused-ring (bicyclic) bond motifs is 1. The summed E-state index contributed by atoms with van der Waals surface area (Å²) < 4.78 is 32.6. The van der Waals surface area contributed by atoms with E-state index in [-0.39, 0.29) is 5.56 Å². The van der Waals surface area contributed by atoms with Crippen LogP contribution in [0.5, 0.6) is 5.75 Å². The molecular weight excluding hydrogens is 248 g/mol. The molecule has 2 nitrogen and oxygen atoms in total. The molecule has 0 saturated carbocycles. The Labute approximate surface area is 109 Å². The van der Waals surface area contributed by atoms with Crippen LogP contribution >= 0.6 is 0 Å². The van der Waals surface area contributed by atoms with Crippen LogP contribution in [-0.4, -0.2) is 6.61 Å². The van der Waals surface area contributed by atoms with Crippen molar-refractivity contribution in [3.8, 4) is 16.9 Å². The standard InChI is InChI=1S/C15H13F2NO/c16-12-1-2-14(17)13(7-12)10-5-9-3-4-19-15(9)11(6-10)8-18/h1-2,5-7H,3-4,8,18H2. The second kappa shape index (κ2) is 4.63. The Bertz CT molecular complexity index is 640. The average molecular weight is 261 g/mol. The monoisotopic (exact) mass is 261 g/mol. The maximum absolute atomic E-state index is 13.8. The molecule has 2 aromatic rings. The van der Waals surface area contributed by atoms with Crippen molar-refractivity contribution >= 4 is 0 Å². The number of hydrogen-bond donors (Lipinski definition) is 1. The van der Waals surface area contributed by atoms with Crippen molar-refractivity contribution in [1.29, 1.82) is 0 Å². The van der Waals surface area contributed by atoms with E-state index in [0.717, 1.165) is 35.4 Å². The van der Waals surface area contributed by atoms with Crippen LogP contribution in [0.25, 0.3) is 11.1 Å². The van der Waals surface area contributed by atoms with Gasteiger partial charge in [-0.15, -0.1) is 0 Å². The van der Waals surface area contributed by atoms with Gasteiger partial charge in [0, 0.05) is 24.1 Å². The van der Waals surface area contributed by atoms with Crippen molar-refractivity contribution in [3.05, 3.63) is 53.1 Å². The highest BCUT2D eigenvalue weighted by Gasteiger charge is 2.18. The molecule has 0 unspecified atom stereocenters. The van der Waals surface area contributed by atoms with E-state index < -0.39 is 11.6 Å². The van der Waals surface area contributed by atoms with Gasteiger partial charge >= 0.3 is 0 Å². The van der Waals surface area contributed by atoms with Crippen LogP contribution in [0.15, 0.2) is 30.3 Å². The molecule has 0 aliphatic carbocycles. The number of hydrogen-bond acceptors (Lipinski definition) is 2. The summed E-state index contributed by atoms with van der Waals surface area (Å²) in [5.74, 6) is -0.103. The molecular formula is C15H13F2NO. The van der Waals surface area contributed by atoms with Crippen LogP contribution < -0.4 is 10.5 Å². The Morgan fingerprint density at radius 2 is 2.00 bits per heavy atom. The summed E-state index contributed by atoms with van der Waals surface area (Å²) in [5.41, 5.74) is 8.41. The zero-order chi connectivity index (χ0) is 13.4. The second-order valence-corrected chi connectivity index (χ2v) is 4.55. The largest absolute Gasteiger partial charge is 0.493 e. The predicted octanol–water partition coefficient (Wildman–Crippen LogP) is 3.03. The first-order valence-electron chi connectivity index (χ1n) is 6.13. The lowest BCUT2D eigenvalue weighted by Crippen LogP contribution is -2.00. The highest BCUT2D eigenvalue weighted by molar-refractivity contribution is 5.68. The minimum Gasteiger partial charge on any atom is -0.493 e. The Kier molecular flexibility index (Phi) is 2.95. The molecule has 3 rings (SSSR count). The van der Waals surface area contributed by atoms with E-state index in [2.05, 4.69) is 0 Å². The van der Waals surface area contributed by atoms with Gasteiger partial charge in [0.2, 0.25) is 0 Å². The number of rotatable bonds is 2. The highest BCUT2D eigenvalue weighted by atomic mass is 19.1. The summed E-state index contributed by atoms with van der Waals surface area (Å²) in [6.45, 7) is 0.921. The van der Waals surface area contributed by atoms with E-state index in [9.17, 15) is 8.78 Å². The maximum atomic E-state index is 13.8. The van der Waals surface area contributed by atoms with Gasteiger partial charge < -0.3 is 10.5 Å². The van der Waals surface area contributed by atoms with Gasteiger partial charge in [-0.25, -0.2) is 8.78 Å². The first kappa shape index (κ1) is 12.1. The summed E-state index contributed by atoms with van der Waals surface area (Å²) >= 11 is 0. The Morgan fingerprint density at radius 3 is 2.79 bits per heavy atom. The number of nitrogens with two attached hydrogens (primary N) is 1. The SMILES string of the molecule is NCc1cc(-c2cc(F)ccc2F)cc2c1OCC2. The van der Waals surface area contributed by atoms with Crippen LogP contribution in [0.2, 0.25) is 0 Å². The van der Waals surface area contributed by atoms with Crippen molar-refractivity contribution in [2.24, 2.45) is 5.73 Å². The third-order valence-corrected chi connectivity index (χ3v) is 3.32. The van der Waals surface area contributed by atoms with Gasteiger partial charge in [-0.2, -0.15) is 0 Å². The van der Waals surface area contributed by atoms with Gasteiger partial charge in [0.1, 0.15) is 17.4 Å². The Morgan fingerprint density at radius 1 is 1.16 bits per heavy atom. The third kappa shape index (κ3) is 2.08. The normalized spacial score (nSPS) is 13.2. The van der Waals surface area contributed by atoms with E-state index in [1.165, 1.54) is 6.07 Å². The lowest BCUT2D eigenvalue weighted by Gasteiger charge is -2.10. The molecule has 1 aliphatic heterocycles. The summed E-state index contributed by atoms with van der Waals surface area (Å²) in [5, 5.41) is 0. The van der Waals surface area contributed by atoms with E-state index in [1.807, 2.05) is 6.07 Å². The van der Waals surface area contributed by atoms with Crippen molar-refractivity contribution in [2.75, 3.05) is 6.61 Å². The first-order chi connectivity index (χ1) is 9.19. The predicted molar refractivity (Wildman–Crippen MR) is 68.9 cm³/mol. The van der Waals surface area contributed by atoms with Gasteiger partial charge in [-0.05, 0) is 41.5 Å². The molecule has 0 bridgehead atoms. The fraction of sp³-hybridized carbons (Fsp3) is 0.200. The second-order valence-electron chi connectivity index (χ2n) is 4.55. The van der Waals surface area contributed by atoms with Gasteiger partial charge in [-0.3, -0.25) is 0 Å². The van der Waals surface area contributed by atoms with Crippen molar-refractivity contribution in [3.63, 3.8) is 0 Å². The van der Waals surface area contributed by atoms with E-state index in [0.29, 0.717) is 18.7 Å². The molecule has 0 amide bonds. The molecule has 19 heavy (non-hydrogen) atoms. The smallest absolute Gasteiger partial charge is 0.131 e. The number of ether oxygens (including phenoxy) is 1. The third-order valence-electron chi connectivity index (χ3n) is 3.32. The summed E-state index contributed by atoms with van der Waals surface area (Å²) in [4.78, 5) is 0. The minimum atomic E-state index is -0.456. The molecule has 1 heterocycles. The highest BCUT2D eigenvalue weighted by Crippen LogP contribution is 2.35. The minimum absolute atomic E-state index is 0.254. The van der Waals surface area contributed by atoms with E-state index in [1.54, 1.807) is 6.07 Å². The fourth-order valence-electron chi connectivity index (χ4n) is 2.41. The molecule has 0 atom stereocenters. The molecule has 98 valence electrons. The van der Waals surface area contributed by atoms with Crippen LogP contribution in [-0.2, 0) is 13.0 Å². The van der Waals surface area contributed by atoms with E-state index >= 15 is 0 Å². The van der Waals surface area contributed by atoms with Gasteiger partial charge in [0.15, 0.2) is 0 Å². The number of halogens is 2. The molecule has 4 heteroatoms. The first-order valence-corrected chi connectivity index (χ1v) is 6.13. The maximum Gasteiger partial charge on any atom is 0.131 e. The zero-order valence-electron chi connectivity index (χ0n) is 10.2. The van der Waals surface area contributed by atoms with Crippen LogP contribution in [0.4, 0.5) is 8.78 Å². The van der Waals surface area contributed by atoms with Crippen molar-refractivity contribution in [1.82, 2.24) is 0 Å². The van der Waals surface area contributed by atoms with Gasteiger partial charge in [0.05, 0.1) is 6.61 Å². The molecule has 0 saturated heterocycles. The van der Waals surface area contributed by atoms with Crippen LogP contribution in [0.1, 0.15) is 11.1 Å². The summed E-state index contributed by atoms with van der Waals surface area (Å²) in [6.07, 6.45) is 0.771. The van der Waals surface area contributed by atoms with Gasteiger partial charge in [0.25, 0.3) is 0 Å². The van der Waals surface area contributed by atoms with Crippen molar-refractivity contribution in [2.45, 2.75) is 13.0 Å². The van der Waals surface area contributed by atoms with Gasteiger partial charge in [-0.1, -0.05) is 0 Å². The molecule has 0 aromatic heterocycles. The molecule has 2 N–H and O–H groups in total. The molecule has 1 aliphatic rings. The zero-order valence-corrected chi connectivity index (χ0v) is 10.2. The van der Waals surface area contributed by atoms with E-state index in [4.69, 9.17) is 10.5 Å². The quantitative estimate of drug-likeness (QED) is 0.901. The number of benzene rings is 2. The lowest BCUT2D eigenvalue weighted by molar-refractivity contribution is 0.353. The topological polar surface area (TPSA) is 35.2 Å². The molecule has 2 aromatic carbocycles. The average Bonchev–Trinajstić information content (AvgIpc) is 2.88. The summed E-state index contributed by atoms with van der Waals surface area (Å²) in [7, 11) is 0. The summed E-state index contributed by atoms with van der Waals surface area (Å²) in [6, 6.07) is 7.06. The van der Waals surface area contributed by atoms with Crippen LogP contribution in [0, 0.1) is 11.6 Å². The lowest BCUT2D eigenvalue weighted by atomic mass is 9.98. The molecule has 0 fully saturated rings. The van der Waals surface area contributed by atoms with Crippen LogP contribution in [0.3, 0.4) is 0 Å². The van der Waals surface area contributed by atoms with Crippen molar-refractivity contribution < 1.29 is 13.5 Å². The Balaban J connectivity index is 2.18. The molecule has 0 spiro atoms. The fourth-order valence-corrected chi connectivity index (χ4v) is 2.41.